The minimum Gasteiger partial charge on any atom is -0.267 e. The molecule has 0 saturated carbocycles. The van der Waals surface area contributed by atoms with E-state index in [1.54, 1.807) is 0 Å². The topological polar surface area (TPSA) is 59.1 Å². The maximum absolute atomic E-state index is 12.2. The van der Waals surface area contributed by atoms with Gasteiger partial charge in [-0.05, 0) is 24.3 Å². The summed E-state index contributed by atoms with van der Waals surface area (Å²) in [4.78, 5) is 34.8. The van der Waals surface area contributed by atoms with Crippen LogP contribution in [0.3, 0.4) is 0 Å². The van der Waals surface area contributed by atoms with Gasteiger partial charge in [-0.25, -0.2) is 0 Å². The van der Waals surface area contributed by atoms with E-state index in [2.05, 4.69) is 13.8 Å². The van der Waals surface area contributed by atoms with Crippen LogP contribution in [0.5, 0.6) is 0 Å². The predicted molar refractivity (Wildman–Crippen MR) is 99.0 cm³/mol. The fourth-order valence-electron chi connectivity index (χ4n) is 3.09. The van der Waals surface area contributed by atoms with Crippen molar-refractivity contribution in [3.8, 4) is 0 Å². The van der Waals surface area contributed by atoms with Gasteiger partial charge in [0.05, 0.1) is 14.2 Å². The largest absolute Gasteiger partial charge is 0.344 e. The maximum Gasteiger partial charge on any atom is 0.344 e. The predicted octanol–water partition coefficient (Wildman–Crippen LogP) is 3.76. The Kier molecular flexibility index (Phi) is 7.36. The molecule has 2 rings (SSSR count). The molecule has 1 saturated heterocycles. The van der Waals surface area contributed by atoms with Crippen LogP contribution in [-0.4, -0.2) is 36.2 Å². The zero-order valence-corrected chi connectivity index (χ0v) is 16.0. The Labute approximate surface area is 155 Å². The minimum atomic E-state index is -0.752. The zero-order chi connectivity index (χ0) is 19.1. The molecule has 1 aliphatic heterocycles. The van der Waals surface area contributed by atoms with E-state index in [4.69, 9.17) is 9.68 Å². The van der Waals surface area contributed by atoms with E-state index in [1.165, 1.54) is 20.6 Å². The summed E-state index contributed by atoms with van der Waals surface area (Å²) in [6.45, 7) is 4.44. The highest BCUT2D eigenvalue weighted by Crippen LogP contribution is 2.33. The van der Waals surface area contributed by atoms with Crippen LogP contribution in [0.1, 0.15) is 51.5 Å². The van der Waals surface area contributed by atoms with E-state index >= 15 is 0 Å². The summed E-state index contributed by atoms with van der Waals surface area (Å²) >= 11 is 0. The highest BCUT2D eigenvalue weighted by molar-refractivity contribution is 6.37. The molecule has 1 aliphatic rings. The number of hydrogen-bond donors (Lipinski definition) is 0. The molecule has 2 amide bonds. The number of carbonyl (C=O) groups excluding carboxylic acids is 2. The third-order valence-corrected chi connectivity index (χ3v) is 4.40. The molecular weight excluding hydrogens is 332 g/mol. The van der Waals surface area contributed by atoms with Gasteiger partial charge in [0, 0.05) is 5.57 Å². The molecule has 1 fully saturated rings. The summed E-state index contributed by atoms with van der Waals surface area (Å²) in [6, 6.07) is 9.72. The number of rotatable bonds is 9. The van der Waals surface area contributed by atoms with Crippen molar-refractivity contribution in [3.63, 3.8) is 0 Å². The Morgan fingerprint density at radius 3 is 2.00 bits per heavy atom. The number of carbonyl (C=O) groups is 2. The average Bonchev–Trinajstić information content (AvgIpc) is 2.88. The summed E-state index contributed by atoms with van der Waals surface area (Å²) in [7, 11) is 2.74. The number of amides is 2. The van der Waals surface area contributed by atoms with Crippen LogP contribution in [0.4, 0.5) is 0 Å². The lowest BCUT2D eigenvalue weighted by atomic mass is 9.97. The Hall–Kier alpha value is -2.18. The van der Waals surface area contributed by atoms with Crippen LogP contribution >= 0.6 is 0 Å². The van der Waals surface area contributed by atoms with Gasteiger partial charge in [-0.3, -0.25) is 19.3 Å². The number of allylic oxidation sites excluding steroid dienone is 1. The molecule has 0 aromatic heterocycles. The lowest BCUT2D eigenvalue weighted by molar-refractivity contribution is -0.164. The SMILES string of the molecule is CON1C(=O)C(=O)N(OC)C1=C(CCCCCC(C)C)c1ccccc1. The van der Waals surface area contributed by atoms with Gasteiger partial charge in [0.25, 0.3) is 0 Å². The monoisotopic (exact) mass is 360 g/mol. The smallest absolute Gasteiger partial charge is 0.267 e. The van der Waals surface area contributed by atoms with Crippen molar-refractivity contribution in [2.45, 2.75) is 46.0 Å². The van der Waals surface area contributed by atoms with Gasteiger partial charge >= 0.3 is 11.8 Å². The molecule has 0 radical (unpaired) electrons. The van der Waals surface area contributed by atoms with E-state index in [1.807, 2.05) is 30.3 Å². The molecule has 0 atom stereocenters. The maximum atomic E-state index is 12.2. The number of hydrogen-bond acceptors (Lipinski definition) is 4. The summed E-state index contributed by atoms with van der Waals surface area (Å²) < 4.78 is 0. The van der Waals surface area contributed by atoms with E-state index in [9.17, 15) is 9.59 Å². The number of nitrogens with zero attached hydrogens (tertiary/aromatic N) is 2. The molecule has 0 unspecified atom stereocenters. The van der Waals surface area contributed by atoms with Crippen molar-refractivity contribution in [3.05, 3.63) is 41.7 Å². The highest BCUT2D eigenvalue weighted by Gasteiger charge is 2.44. The lowest BCUT2D eigenvalue weighted by Crippen LogP contribution is -2.26. The Morgan fingerprint density at radius 2 is 1.50 bits per heavy atom. The van der Waals surface area contributed by atoms with Gasteiger partial charge in [0.1, 0.15) is 0 Å². The van der Waals surface area contributed by atoms with Gasteiger partial charge in [-0.1, -0.05) is 63.4 Å². The van der Waals surface area contributed by atoms with Gasteiger partial charge in [-0.15, -0.1) is 0 Å². The van der Waals surface area contributed by atoms with Gasteiger partial charge in [0.15, 0.2) is 5.82 Å². The Balaban J connectivity index is 2.33. The van der Waals surface area contributed by atoms with Crippen LogP contribution in [0.25, 0.3) is 5.57 Å². The van der Waals surface area contributed by atoms with Crippen LogP contribution in [0.2, 0.25) is 0 Å². The van der Waals surface area contributed by atoms with Crippen LogP contribution in [0.15, 0.2) is 36.2 Å². The normalized spacial score (nSPS) is 14.7. The summed E-state index contributed by atoms with van der Waals surface area (Å²) in [5.41, 5.74) is 1.80. The zero-order valence-electron chi connectivity index (χ0n) is 16.0. The van der Waals surface area contributed by atoms with Crippen molar-refractivity contribution in [2.24, 2.45) is 5.92 Å². The standard InChI is InChI=1S/C20H28N2O4/c1-15(2)11-7-5-10-14-17(16-12-8-6-9-13-16)18-21(25-3)19(23)20(24)22(18)26-4/h6,8-9,12-13,15H,5,7,10-11,14H2,1-4H3. The second-order valence-electron chi connectivity index (χ2n) is 6.73. The number of unbranched alkanes of at least 4 members (excludes halogenated alkanes) is 2. The van der Waals surface area contributed by atoms with Crippen LogP contribution in [-0.2, 0) is 19.3 Å². The molecule has 0 N–H and O–H groups in total. The molecule has 6 nitrogen and oxygen atoms in total. The minimum absolute atomic E-state index is 0.347. The van der Waals surface area contributed by atoms with E-state index in [-0.39, 0.29) is 0 Å². The summed E-state index contributed by atoms with van der Waals surface area (Å²) in [5, 5.41) is 2.03. The molecule has 1 aromatic rings. The summed E-state index contributed by atoms with van der Waals surface area (Å²) in [5.74, 6) is -0.463. The van der Waals surface area contributed by atoms with E-state index in [0.29, 0.717) is 11.7 Å². The second-order valence-corrected chi connectivity index (χ2v) is 6.73. The molecule has 142 valence electrons. The van der Waals surface area contributed by atoms with Crippen molar-refractivity contribution >= 4 is 17.4 Å². The molecule has 1 aromatic carbocycles. The molecule has 6 heteroatoms. The molecule has 0 bridgehead atoms. The van der Waals surface area contributed by atoms with Crippen LogP contribution < -0.4 is 0 Å². The van der Waals surface area contributed by atoms with Crippen LogP contribution in [0, 0.1) is 5.92 Å². The van der Waals surface area contributed by atoms with E-state index in [0.717, 1.165) is 46.9 Å². The van der Waals surface area contributed by atoms with Gasteiger partial charge < -0.3 is 0 Å². The van der Waals surface area contributed by atoms with E-state index < -0.39 is 11.8 Å². The fraction of sp³-hybridized carbons (Fsp3) is 0.500. The molecular formula is C20H28N2O4. The van der Waals surface area contributed by atoms with Crippen molar-refractivity contribution in [1.29, 1.82) is 0 Å². The first-order valence-electron chi connectivity index (χ1n) is 9.06. The number of hydroxylamine groups is 4. The lowest BCUT2D eigenvalue weighted by Gasteiger charge is -2.22. The second kappa shape index (κ2) is 9.50. The molecule has 0 aliphatic carbocycles. The van der Waals surface area contributed by atoms with Crippen molar-refractivity contribution in [2.75, 3.05) is 14.2 Å². The van der Waals surface area contributed by atoms with Crippen molar-refractivity contribution < 1.29 is 19.3 Å². The quantitative estimate of drug-likeness (QED) is 0.497. The third-order valence-electron chi connectivity index (χ3n) is 4.40. The highest BCUT2D eigenvalue weighted by atomic mass is 16.7. The first-order chi connectivity index (χ1) is 12.5. The molecule has 26 heavy (non-hydrogen) atoms. The molecule has 1 heterocycles. The Bertz CT molecular complexity index is 631. The van der Waals surface area contributed by atoms with Crippen molar-refractivity contribution in [1.82, 2.24) is 10.1 Å². The Morgan fingerprint density at radius 1 is 0.923 bits per heavy atom. The fourth-order valence-corrected chi connectivity index (χ4v) is 3.09. The first kappa shape index (κ1) is 20.1. The first-order valence-corrected chi connectivity index (χ1v) is 9.06. The van der Waals surface area contributed by atoms with Gasteiger partial charge in [-0.2, -0.15) is 10.1 Å². The average molecular weight is 360 g/mol. The van der Waals surface area contributed by atoms with Gasteiger partial charge in [0.2, 0.25) is 0 Å². The molecule has 0 spiro atoms. The number of benzene rings is 1. The third kappa shape index (κ3) is 4.51. The summed E-state index contributed by atoms with van der Waals surface area (Å²) in [6.07, 6.45) is 5.12.